The number of aryl methyl sites for hydroxylation is 2. The van der Waals surface area contributed by atoms with Crippen LogP contribution in [0.25, 0.3) is 0 Å². The van der Waals surface area contributed by atoms with Crippen molar-refractivity contribution in [3.63, 3.8) is 0 Å². The minimum Gasteiger partial charge on any atom is -0.465 e. The summed E-state index contributed by atoms with van der Waals surface area (Å²) in [6, 6.07) is 11.8. The van der Waals surface area contributed by atoms with Crippen molar-refractivity contribution in [3.8, 4) is 0 Å². The minimum atomic E-state index is -0.901. The first-order valence-electron chi connectivity index (χ1n) is 8.73. The van der Waals surface area contributed by atoms with Crippen LogP contribution in [-0.4, -0.2) is 44.9 Å². The zero-order valence-electron chi connectivity index (χ0n) is 15.1. The molecule has 2 N–H and O–H groups in total. The van der Waals surface area contributed by atoms with Crippen LogP contribution in [0.1, 0.15) is 30.5 Å². The minimum absolute atomic E-state index is 0.0828. The molecule has 3 rings (SSSR count). The summed E-state index contributed by atoms with van der Waals surface area (Å²) in [6.07, 6.45) is 0.665. The summed E-state index contributed by atoms with van der Waals surface area (Å²) in [6.45, 7) is 2.74. The molecule has 1 fully saturated rings. The number of anilines is 1. The van der Waals surface area contributed by atoms with Crippen molar-refractivity contribution >= 4 is 17.8 Å². The maximum Gasteiger partial charge on any atom is 0.407 e. The Hall–Kier alpha value is -2.83. The van der Waals surface area contributed by atoms with Gasteiger partial charge in [-0.25, -0.2) is 4.79 Å². The Labute approximate surface area is 152 Å². The number of aromatic nitrogens is 2. The van der Waals surface area contributed by atoms with Gasteiger partial charge in [-0.15, -0.1) is 0 Å². The second-order valence-electron chi connectivity index (χ2n) is 6.94. The van der Waals surface area contributed by atoms with Crippen LogP contribution in [0.3, 0.4) is 0 Å². The summed E-state index contributed by atoms with van der Waals surface area (Å²) >= 11 is 0. The smallest absolute Gasteiger partial charge is 0.407 e. The van der Waals surface area contributed by atoms with Crippen molar-refractivity contribution in [1.29, 1.82) is 0 Å². The molecule has 0 radical (unpaired) electrons. The van der Waals surface area contributed by atoms with Gasteiger partial charge in [0.05, 0.1) is 5.69 Å². The van der Waals surface area contributed by atoms with Gasteiger partial charge >= 0.3 is 6.09 Å². The molecule has 2 amide bonds. The Balaban J connectivity index is 1.79. The molecule has 1 aromatic carbocycles. The number of carbonyl (C=O) groups is 2. The number of amides is 2. The first-order chi connectivity index (χ1) is 12.4. The van der Waals surface area contributed by atoms with Gasteiger partial charge in [0.1, 0.15) is 5.82 Å². The van der Waals surface area contributed by atoms with Crippen molar-refractivity contribution < 1.29 is 14.7 Å². The van der Waals surface area contributed by atoms with E-state index in [-0.39, 0.29) is 11.3 Å². The quantitative estimate of drug-likeness (QED) is 0.882. The zero-order chi connectivity index (χ0) is 18.7. The first kappa shape index (κ1) is 18.0. The monoisotopic (exact) mass is 356 g/mol. The predicted octanol–water partition coefficient (Wildman–Crippen LogP) is 2.77. The van der Waals surface area contributed by atoms with Gasteiger partial charge in [-0.05, 0) is 25.3 Å². The summed E-state index contributed by atoms with van der Waals surface area (Å²) in [7, 11) is 1.79. The molecule has 2 heterocycles. The Bertz CT molecular complexity index is 792. The normalized spacial score (nSPS) is 16.3. The molecule has 0 unspecified atom stereocenters. The molecule has 2 aromatic rings. The van der Waals surface area contributed by atoms with Crippen LogP contribution in [0.15, 0.2) is 36.4 Å². The van der Waals surface area contributed by atoms with Gasteiger partial charge in [-0.3, -0.25) is 9.48 Å². The third kappa shape index (κ3) is 3.71. The van der Waals surface area contributed by atoms with Crippen LogP contribution in [-0.2, 0) is 17.3 Å². The molecule has 0 aliphatic carbocycles. The van der Waals surface area contributed by atoms with Crippen LogP contribution in [0.2, 0.25) is 0 Å². The standard InChI is InChI=1S/C19H24N4O3/c1-14-12-16(22(2)21-14)20-17(24)13-19(15-6-4-3-5-7-15)8-10-23(11-9-19)18(25)26/h3-7,12H,8-11,13H2,1-2H3,(H,20,24)(H,25,26). The number of benzene rings is 1. The van der Waals surface area contributed by atoms with Gasteiger partial charge in [0, 0.05) is 38.0 Å². The first-order valence-corrected chi connectivity index (χ1v) is 8.73. The summed E-state index contributed by atoms with van der Waals surface area (Å²) in [5.74, 6) is 0.583. The van der Waals surface area contributed by atoms with Crippen LogP contribution < -0.4 is 5.32 Å². The number of hydrogen-bond donors (Lipinski definition) is 2. The highest BCUT2D eigenvalue weighted by Crippen LogP contribution is 2.39. The fourth-order valence-electron chi connectivity index (χ4n) is 3.71. The maximum absolute atomic E-state index is 12.8. The molecule has 0 bridgehead atoms. The van der Waals surface area contributed by atoms with Crippen molar-refractivity contribution in [2.45, 2.75) is 31.6 Å². The molecule has 1 aromatic heterocycles. The molecule has 26 heavy (non-hydrogen) atoms. The van der Waals surface area contributed by atoms with Crippen molar-refractivity contribution in [2.75, 3.05) is 18.4 Å². The lowest BCUT2D eigenvalue weighted by Crippen LogP contribution is -2.46. The third-order valence-electron chi connectivity index (χ3n) is 5.15. The van der Waals surface area contributed by atoms with Crippen molar-refractivity contribution in [2.24, 2.45) is 7.05 Å². The van der Waals surface area contributed by atoms with E-state index in [0.717, 1.165) is 11.3 Å². The molecule has 1 aliphatic heterocycles. The van der Waals surface area contributed by atoms with Gasteiger partial charge in [0.25, 0.3) is 0 Å². The molecule has 138 valence electrons. The summed E-state index contributed by atoms with van der Waals surface area (Å²) in [5.41, 5.74) is 1.57. The van der Waals surface area contributed by atoms with Gasteiger partial charge in [0.2, 0.25) is 5.91 Å². The molecular formula is C19H24N4O3. The fourth-order valence-corrected chi connectivity index (χ4v) is 3.71. The number of likely N-dealkylation sites (tertiary alicyclic amines) is 1. The van der Waals surface area contributed by atoms with E-state index in [1.165, 1.54) is 4.90 Å². The van der Waals surface area contributed by atoms with E-state index in [0.29, 0.717) is 38.2 Å². The largest absolute Gasteiger partial charge is 0.465 e. The van der Waals surface area contributed by atoms with E-state index in [1.54, 1.807) is 11.7 Å². The number of rotatable bonds is 4. The molecule has 0 spiro atoms. The summed E-state index contributed by atoms with van der Waals surface area (Å²) in [4.78, 5) is 25.4. The molecule has 7 heteroatoms. The second kappa shape index (κ2) is 7.19. The van der Waals surface area contributed by atoms with Gasteiger partial charge in [-0.1, -0.05) is 30.3 Å². The van der Waals surface area contributed by atoms with Gasteiger partial charge in [0.15, 0.2) is 0 Å². The van der Waals surface area contributed by atoms with Crippen molar-refractivity contribution in [1.82, 2.24) is 14.7 Å². The topological polar surface area (TPSA) is 87.5 Å². The lowest BCUT2D eigenvalue weighted by molar-refractivity contribution is -0.117. The maximum atomic E-state index is 12.8. The third-order valence-corrected chi connectivity index (χ3v) is 5.15. The highest BCUT2D eigenvalue weighted by molar-refractivity contribution is 5.91. The van der Waals surface area contributed by atoms with E-state index in [9.17, 15) is 14.7 Å². The fraction of sp³-hybridized carbons (Fsp3) is 0.421. The number of piperidine rings is 1. The predicted molar refractivity (Wildman–Crippen MR) is 98.1 cm³/mol. The summed E-state index contributed by atoms with van der Waals surface area (Å²) < 4.78 is 1.65. The highest BCUT2D eigenvalue weighted by Gasteiger charge is 2.39. The van der Waals surface area contributed by atoms with E-state index in [4.69, 9.17) is 0 Å². The van der Waals surface area contributed by atoms with Crippen LogP contribution >= 0.6 is 0 Å². The average molecular weight is 356 g/mol. The Kier molecular flexibility index (Phi) is 4.97. The molecule has 7 nitrogen and oxygen atoms in total. The van der Waals surface area contributed by atoms with E-state index < -0.39 is 6.09 Å². The zero-order valence-corrected chi connectivity index (χ0v) is 15.1. The lowest BCUT2D eigenvalue weighted by atomic mass is 9.70. The molecular weight excluding hydrogens is 332 g/mol. The Morgan fingerprint density at radius 1 is 1.23 bits per heavy atom. The molecule has 0 atom stereocenters. The van der Waals surface area contributed by atoms with Gasteiger partial charge < -0.3 is 15.3 Å². The number of carbonyl (C=O) groups excluding carboxylic acids is 1. The van der Waals surface area contributed by atoms with E-state index in [1.807, 2.05) is 43.3 Å². The van der Waals surface area contributed by atoms with Crippen LogP contribution in [0, 0.1) is 6.92 Å². The van der Waals surface area contributed by atoms with Crippen molar-refractivity contribution in [3.05, 3.63) is 47.7 Å². The Morgan fingerprint density at radius 3 is 2.42 bits per heavy atom. The van der Waals surface area contributed by atoms with Crippen LogP contribution in [0.4, 0.5) is 10.6 Å². The lowest BCUT2D eigenvalue weighted by Gasteiger charge is -2.41. The second-order valence-corrected chi connectivity index (χ2v) is 6.94. The molecule has 1 aliphatic rings. The van der Waals surface area contributed by atoms with Crippen LogP contribution in [0.5, 0.6) is 0 Å². The SMILES string of the molecule is Cc1cc(NC(=O)CC2(c3ccccc3)CCN(C(=O)O)CC2)n(C)n1. The number of nitrogens with one attached hydrogen (secondary N) is 1. The number of nitrogens with zero attached hydrogens (tertiary/aromatic N) is 3. The van der Waals surface area contributed by atoms with E-state index in [2.05, 4.69) is 10.4 Å². The number of carboxylic acid groups (broad SMARTS) is 1. The highest BCUT2D eigenvalue weighted by atomic mass is 16.4. The number of hydrogen-bond acceptors (Lipinski definition) is 3. The summed E-state index contributed by atoms with van der Waals surface area (Å²) in [5, 5.41) is 16.4. The Morgan fingerprint density at radius 2 is 1.88 bits per heavy atom. The molecule has 0 saturated carbocycles. The van der Waals surface area contributed by atoms with E-state index >= 15 is 0 Å². The van der Waals surface area contributed by atoms with Gasteiger partial charge in [-0.2, -0.15) is 5.10 Å². The average Bonchev–Trinajstić information content (AvgIpc) is 2.93. The molecule has 1 saturated heterocycles.